The predicted octanol–water partition coefficient (Wildman–Crippen LogP) is -0.822. The number of benzene rings is 1. The van der Waals surface area contributed by atoms with Crippen LogP contribution in [-0.2, 0) is 9.53 Å². The number of carbonyl (C=O) groups is 2. The Morgan fingerprint density at radius 1 is 1.25 bits per heavy atom. The summed E-state index contributed by atoms with van der Waals surface area (Å²) in [6.07, 6.45) is -0.960. The van der Waals surface area contributed by atoms with Gasteiger partial charge in [-0.1, -0.05) is 0 Å². The quantitative estimate of drug-likeness (QED) is 0.341. The van der Waals surface area contributed by atoms with Gasteiger partial charge < -0.3 is 19.9 Å². The fourth-order valence-electron chi connectivity index (χ4n) is 1.47. The molecule has 0 radical (unpaired) electrons. The summed E-state index contributed by atoms with van der Waals surface area (Å²) < 4.78 is 15.3. The maximum Gasteiger partial charge on any atom is 0.277 e. The zero-order valence-electron chi connectivity index (χ0n) is 11.2. The maximum atomic E-state index is 11.5. The van der Waals surface area contributed by atoms with Crippen molar-refractivity contribution in [3.63, 3.8) is 0 Å². The highest BCUT2D eigenvalue weighted by atomic mass is 16.5. The summed E-state index contributed by atoms with van der Waals surface area (Å²) in [7, 11) is 2.85. The minimum atomic E-state index is -0.960. The summed E-state index contributed by atoms with van der Waals surface area (Å²) in [6, 6.07) is 4.37. The third-order valence-electron chi connectivity index (χ3n) is 2.43. The summed E-state index contributed by atoms with van der Waals surface area (Å²) in [4.78, 5) is 22.7. The highest BCUT2D eigenvalue weighted by Gasteiger charge is 2.20. The monoisotopic (exact) mass is 283 g/mol. The fraction of sp³-hybridized carbons (Fsp3) is 0.333. The lowest BCUT2D eigenvalue weighted by Gasteiger charge is -2.17. The predicted molar refractivity (Wildman–Crippen MR) is 70.1 cm³/mol. The van der Waals surface area contributed by atoms with Crippen LogP contribution in [0.25, 0.3) is 0 Å². The summed E-state index contributed by atoms with van der Waals surface area (Å²) in [5.74, 6) is 4.47. The van der Waals surface area contributed by atoms with Gasteiger partial charge in [-0.05, 0) is 12.1 Å². The number of primary amides is 1. The van der Waals surface area contributed by atoms with Gasteiger partial charge in [0.2, 0.25) is 12.0 Å². The third-order valence-corrected chi connectivity index (χ3v) is 2.43. The second kappa shape index (κ2) is 7.31. The van der Waals surface area contributed by atoms with E-state index in [0.29, 0.717) is 5.75 Å². The van der Waals surface area contributed by atoms with Gasteiger partial charge in [0.15, 0.2) is 0 Å². The van der Waals surface area contributed by atoms with Gasteiger partial charge in [-0.2, -0.15) is 0 Å². The standard InChI is InChI=1S/C12H17N3O5/c1-18-6-10(12(17)15-14)20-9-4-7(11(13)16)3-8(5-9)19-2/h3-5,10H,6,14H2,1-2H3,(H2,13,16)(H,15,17). The average molecular weight is 283 g/mol. The van der Waals surface area contributed by atoms with Crippen LogP contribution >= 0.6 is 0 Å². The van der Waals surface area contributed by atoms with Gasteiger partial charge >= 0.3 is 0 Å². The van der Waals surface area contributed by atoms with Crippen LogP contribution in [0.4, 0.5) is 0 Å². The van der Waals surface area contributed by atoms with Gasteiger partial charge in [0.1, 0.15) is 11.5 Å². The molecule has 0 aromatic heterocycles. The van der Waals surface area contributed by atoms with Crippen molar-refractivity contribution < 1.29 is 23.8 Å². The molecule has 5 N–H and O–H groups in total. The SMILES string of the molecule is COCC(Oc1cc(OC)cc(C(N)=O)c1)C(=O)NN. The Balaban J connectivity index is 3.02. The lowest BCUT2D eigenvalue weighted by molar-refractivity contribution is -0.130. The number of hydrazine groups is 1. The molecular weight excluding hydrogens is 266 g/mol. The molecule has 1 aromatic rings. The first-order valence-electron chi connectivity index (χ1n) is 5.66. The molecule has 0 bridgehead atoms. The number of hydrogen-bond donors (Lipinski definition) is 3. The highest BCUT2D eigenvalue weighted by Crippen LogP contribution is 2.23. The molecule has 0 heterocycles. The van der Waals surface area contributed by atoms with Crippen molar-refractivity contribution in [2.24, 2.45) is 11.6 Å². The number of carbonyl (C=O) groups excluding carboxylic acids is 2. The van der Waals surface area contributed by atoms with Gasteiger partial charge in [0, 0.05) is 18.7 Å². The maximum absolute atomic E-state index is 11.5. The molecule has 0 aliphatic heterocycles. The highest BCUT2D eigenvalue weighted by molar-refractivity contribution is 5.93. The molecule has 1 rings (SSSR count). The van der Waals surface area contributed by atoms with Crippen LogP contribution in [0.1, 0.15) is 10.4 Å². The van der Waals surface area contributed by atoms with E-state index in [2.05, 4.69) is 0 Å². The summed E-state index contributed by atoms with van der Waals surface area (Å²) in [6.45, 7) is -0.00779. The van der Waals surface area contributed by atoms with Crippen molar-refractivity contribution in [1.82, 2.24) is 5.43 Å². The van der Waals surface area contributed by atoms with Crippen LogP contribution in [0.2, 0.25) is 0 Å². The number of nitrogens with two attached hydrogens (primary N) is 2. The Morgan fingerprint density at radius 2 is 1.90 bits per heavy atom. The Hall–Kier alpha value is -2.32. The fourth-order valence-corrected chi connectivity index (χ4v) is 1.47. The largest absolute Gasteiger partial charge is 0.497 e. The number of hydrogen-bond acceptors (Lipinski definition) is 6. The normalized spacial score (nSPS) is 11.6. The van der Waals surface area contributed by atoms with E-state index in [1.807, 2.05) is 5.43 Å². The lowest BCUT2D eigenvalue weighted by atomic mass is 10.2. The van der Waals surface area contributed by atoms with Crippen LogP contribution < -0.4 is 26.5 Å². The molecule has 0 aliphatic rings. The van der Waals surface area contributed by atoms with Crippen molar-refractivity contribution in [1.29, 1.82) is 0 Å². The minimum Gasteiger partial charge on any atom is -0.497 e. The number of methoxy groups -OCH3 is 2. The second-order valence-corrected chi connectivity index (χ2v) is 3.83. The van der Waals surface area contributed by atoms with Gasteiger partial charge in [-0.3, -0.25) is 15.0 Å². The van der Waals surface area contributed by atoms with Crippen molar-refractivity contribution in [2.75, 3.05) is 20.8 Å². The Kier molecular flexibility index (Phi) is 5.75. The number of amides is 2. The van der Waals surface area contributed by atoms with Gasteiger partial charge in [0.05, 0.1) is 13.7 Å². The Bertz CT molecular complexity index is 492. The molecule has 0 spiro atoms. The summed E-state index contributed by atoms with van der Waals surface area (Å²) in [5, 5.41) is 0. The Labute approximate surface area is 115 Å². The van der Waals surface area contributed by atoms with Crippen molar-refractivity contribution in [3.05, 3.63) is 23.8 Å². The minimum absolute atomic E-state index is 0.00779. The molecule has 0 aliphatic carbocycles. The second-order valence-electron chi connectivity index (χ2n) is 3.83. The summed E-state index contributed by atoms with van der Waals surface area (Å²) in [5.41, 5.74) is 7.37. The molecule has 0 saturated heterocycles. The average Bonchev–Trinajstić information content (AvgIpc) is 2.45. The molecule has 8 heteroatoms. The van der Waals surface area contributed by atoms with E-state index >= 15 is 0 Å². The number of rotatable bonds is 7. The van der Waals surface area contributed by atoms with E-state index in [0.717, 1.165) is 0 Å². The van der Waals surface area contributed by atoms with E-state index in [1.54, 1.807) is 0 Å². The Morgan fingerprint density at radius 3 is 2.40 bits per heavy atom. The summed E-state index contributed by atoms with van der Waals surface area (Å²) >= 11 is 0. The smallest absolute Gasteiger partial charge is 0.277 e. The molecule has 1 atom stereocenters. The zero-order chi connectivity index (χ0) is 15.1. The molecule has 1 unspecified atom stereocenters. The molecule has 0 saturated carbocycles. The number of ether oxygens (including phenoxy) is 3. The van der Waals surface area contributed by atoms with E-state index in [1.165, 1.54) is 32.4 Å². The van der Waals surface area contributed by atoms with Crippen molar-refractivity contribution in [3.8, 4) is 11.5 Å². The molecular formula is C12H17N3O5. The molecule has 0 fully saturated rings. The molecule has 1 aromatic carbocycles. The van der Waals surface area contributed by atoms with Gasteiger partial charge in [-0.25, -0.2) is 5.84 Å². The van der Waals surface area contributed by atoms with Crippen LogP contribution in [0.15, 0.2) is 18.2 Å². The van der Waals surface area contributed by atoms with Crippen LogP contribution in [-0.4, -0.2) is 38.7 Å². The molecule has 2 amide bonds. The van der Waals surface area contributed by atoms with Crippen molar-refractivity contribution in [2.45, 2.75) is 6.10 Å². The van der Waals surface area contributed by atoms with Gasteiger partial charge in [0.25, 0.3) is 5.91 Å². The first-order valence-corrected chi connectivity index (χ1v) is 5.66. The van der Waals surface area contributed by atoms with E-state index in [4.69, 9.17) is 25.8 Å². The third kappa shape index (κ3) is 4.11. The van der Waals surface area contributed by atoms with Gasteiger partial charge in [-0.15, -0.1) is 0 Å². The van der Waals surface area contributed by atoms with Crippen molar-refractivity contribution >= 4 is 11.8 Å². The van der Waals surface area contributed by atoms with Crippen LogP contribution in [0.5, 0.6) is 11.5 Å². The van der Waals surface area contributed by atoms with Crippen LogP contribution in [0.3, 0.4) is 0 Å². The molecule has 110 valence electrons. The number of nitrogens with one attached hydrogen (secondary N) is 1. The van der Waals surface area contributed by atoms with E-state index in [9.17, 15) is 9.59 Å². The first-order chi connectivity index (χ1) is 9.51. The topological polar surface area (TPSA) is 126 Å². The first kappa shape index (κ1) is 15.7. The van der Waals surface area contributed by atoms with E-state index in [-0.39, 0.29) is 17.9 Å². The molecule has 8 nitrogen and oxygen atoms in total. The zero-order valence-corrected chi connectivity index (χ0v) is 11.2. The van der Waals surface area contributed by atoms with E-state index < -0.39 is 17.9 Å². The van der Waals surface area contributed by atoms with Crippen LogP contribution in [0, 0.1) is 0 Å². The lowest BCUT2D eigenvalue weighted by Crippen LogP contribution is -2.44. The molecule has 20 heavy (non-hydrogen) atoms.